The van der Waals surface area contributed by atoms with E-state index in [1.165, 1.54) is 36.3 Å². The monoisotopic (exact) mass is 482 g/mol. The van der Waals surface area contributed by atoms with Crippen LogP contribution in [0.5, 0.6) is 0 Å². The number of carboxylic acid groups (broad SMARTS) is 1. The van der Waals surface area contributed by atoms with Crippen LogP contribution in [-0.4, -0.2) is 79.8 Å². The molecule has 35 heavy (non-hydrogen) atoms. The summed E-state index contributed by atoms with van der Waals surface area (Å²) in [6, 6.07) is 10.3. The molecule has 3 fully saturated rings. The number of aliphatic carboxylic acids is 1. The lowest BCUT2D eigenvalue weighted by atomic mass is 9.79. The highest BCUT2D eigenvalue weighted by Gasteiger charge is 2.38. The molecule has 3 atom stereocenters. The van der Waals surface area contributed by atoms with Crippen LogP contribution in [0.15, 0.2) is 29.3 Å². The summed E-state index contributed by atoms with van der Waals surface area (Å²) in [6.45, 7) is 5.08. The third-order valence-corrected chi connectivity index (χ3v) is 8.63. The van der Waals surface area contributed by atoms with E-state index in [1.54, 1.807) is 0 Å². The van der Waals surface area contributed by atoms with Crippen molar-refractivity contribution in [3.8, 4) is 0 Å². The van der Waals surface area contributed by atoms with E-state index in [0.717, 1.165) is 51.9 Å². The van der Waals surface area contributed by atoms with E-state index in [4.69, 9.17) is 14.8 Å². The van der Waals surface area contributed by atoms with Crippen molar-refractivity contribution in [3.05, 3.63) is 29.8 Å². The van der Waals surface area contributed by atoms with Crippen LogP contribution in [-0.2, 0) is 9.53 Å². The number of anilines is 1. The normalized spacial score (nSPS) is 31.5. The second kappa shape index (κ2) is 11.3. The number of ether oxygens (including phenoxy) is 1. The van der Waals surface area contributed by atoms with Gasteiger partial charge in [0, 0.05) is 50.8 Å². The molecule has 1 saturated heterocycles. The minimum absolute atomic E-state index is 0.195. The highest BCUT2D eigenvalue weighted by Crippen LogP contribution is 2.38. The predicted octanol–water partition coefficient (Wildman–Crippen LogP) is 3.89. The van der Waals surface area contributed by atoms with Crippen molar-refractivity contribution >= 4 is 17.5 Å². The van der Waals surface area contributed by atoms with Crippen LogP contribution in [0.4, 0.5) is 5.69 Å². The molecule has 7 heteroatoms. The van der Waals surface area contributed by atoms with E-state index < -0.39 is 5.97 Å². The van der Waals surface area contributed by atoms with Gasteiger partial charge in [-0.15, -0.1) is 0 Å². The van der Waals surface area contributed by atoms with Crippen LogP contribution in [0, 0.1) is 5.92 Å². The summed E-state index contributed by atoms with van der Waals surface area (Å²) in [6.07, 6.45) is 8.99. The lowest BCUT2D eigenvalue weighted by Crippen LogP contribution is -2.44. The molecule has 3 unspecified atom stereocenters. The number of piperazine rings is 1. The van der Waals surface area contributed by atoms with Crippen molar-refractivity contribution in [1.29, 1.82) is 0 Å². The zero-order valence-corrected chi connectivity index (χ0v) is 21.2. The van der Waals surface area contributed by atoms with Gasteiger partial charge in [0.15, 0.2) is 0 Å². The van der Waals surface area contributed by atoms with Gasteiger partial charge in [-0.25, -0.2) is 0 Å². The summed E-state index contributed by atoms with van der Waals surface area (Å²) in [5.74, 6) is 1.65. The summed E-state index contributed by atoms with van der Waals surface area (Å²) in [5, 5.41) is 12.6. The van der Waals surface area contributed by atoms with Gasteiger partial charge in [-0.1, -0.05) is 12.1 Å². The molecule has 2 heterocycles. The molecule has 0 bridgehead atoms. The van der Waals surface area contributed by atoms with Crippen molar-refractivity contribution in [1.82, 2.24) is 10.2 Å². The Bertz CT molecular complexity index is 873. The standard InChI is InChI=1S/C28H42N4O3/c1-31-14-16-32(17-15-31)23-9-4-20(5-10-23)22-8-13-25-26(19-22)30-28(29-25)21-6-11-24(12-7-21)35-18-2-3-27(33)34/h4-5,9-10,21-22,24-26H,2-3,6-8,11-19H2,1H3,(H,29,30)(H,33,34). The largest absolute Gasteiger partial charge is 0.481 e. The number of likely N-dealkylation sites (N-methyl/N-ethyl adjacent to an activating group) is 1. The molecule has 1 aromatic carbocycles. The molecule has 192 valence electrons. The van der Waals surface area contributed by atoms with Crippen molar-refractivity contribution in [2.24, 2.45) is 10.9 Å². The quantitative estimate of drug-likeness (QED) is 0.548. The number of fused-ring (bicyclic) bond motifs is 1. The Balaban J connectivity index is 1.07. The molecule has 4 aliphatic rings. The molecule has 2 saturated carbocycles. The highest BCUT2D eigenvalue weighted by molar-refractivity contribution is 5.87. The predicted molar refractivity (Wildman–Crippen MR) is 139 cm³/mol. The highest BCUT2D eigenvalue weighted by atomic mass is 16.5. The van der Waals surface area contributed by atoms with E-state index in [-0.39, 0.29) is 12.5 Å². The number of benzene rings is 1. The van der Waals surface area contributed by atoms with Gasteiger partial charge in [-0.2, -0.15) is 0 Å². The van der Waals surface area contributed by atoms with Crippen molar-refractivity contribution in [3.63, 3.8) is 0 Å². The molecule has 0 spiro atoms. The number of carbonyl (C=O) groups is 1. The summed E-state index contributed by atoms with van der Waals surface area (Å²) in [7, 11) is 2.20. The van der Waals surface area contributed by atoms with Gasteiger partial charge < -0.3 is 25.0 Å². The number of rotatable bonds is 8. The second-order valence-electron chi connectivity index (χ2n) is 11.1. The average Bonchev–Trinajstić information content (AvgIpc) is 3.31. The van der Waals surface area contributed by atoms with E-state index in [0.29, 0.717) is 36.9 Å². The summed E-state index contributed by atoms with van der Waals surface area (Å²) in [5.41, 5.74) is 2.85. The lowest BCUT2D eigenvalue weighted by Gasteiger charge is -2.34. The molecular weight excluding hydrogens is 440 g/mol. The summed E-state index contributed by atoms with van der Waals surface area (Å²) >= 11 is 0. The number of carboxylic acids is 1. The maximum atomic E-state index is 10.7. The second-order valence-corrected chi connectivity index (χ2v) is 11.1. The Hall–Kier alpha value is -2.12. The number of nitrogens with zero attached hydrogens (tertiary/aromatic N) is 3. The van der Waals surface area contributed by atoms with Crippen LogP contribution in [0.3, 0.4) is 0 Å². The molecule has 1 aromatic rings. The minimum Gasteiger partial charge on any atom is -0.481 e. The van der Waals surface area contributed by atoms with Gasteiger partial charge in [0.1, 0.15) is 5.84 Å². The number of hydrogen-bond acceptors (Lipinski definition) is 6. The smallest absolute Gasteiger partial charge is 0.303 e. The number of hydrogen-bond donors (Lipinski definition) is 2. The maximum Gasteiger partial charge on any atom is 0.303 e. The van der Waals surface area contributed by atoms with Crippen LogP contribution in [0.25, 0.3) is 0 Å². The molecule has 2 aliphatic heterocycles. The zero-order valence-electron chi connectivity index (χ0n) is 21.2. The van der Waals surface area contributed by atoms with E-state index in [2.05, 4.69) is 46.4 Å². The third-order valence-electron chi connectivity index (χ3n) is 8.63. The van der Waals surface area contributed by atoms with Crippen molar-refractivity contribution in [2.75, 3.05) is 44.7 Å². The average molecular weight is 483 g/mol. The molecule has 0 aromatic heterocycles. The molecule has 2 N–H and O–H groups in total. The fourth-order valence-electron chi connectivity index (χ4n) is 6.39. The molecule has 2 aliphatic carbocycles. The van der Waals surface area contributed by atoms with E-state index in [1.807, 2.05) is 0 Å². The van der Waals surface area contributed by atoms with E-state index >= 15 is 0 Å². The molecule has 0 radical (unpaired) electrons. The van der Waals surface area contributed by atoms with Crippen molar-refractivity contribution in [2.45, 2.75) is 81.9 Å². The molecular formula is C28H42N4O3. The van der Waals surface area contributed by atoms with Crippen LogP contribution >= 0.6 is 0 Å². The minimum atomic E-state index is -0.742. The Kier molecular flexibility index (Phi) is 7.93. The van der Waals surface area contributed by atoms with Crippen LogP contribution < -0.4 is 10.2 Å². The maximum absolute atomic E-state index is 10.7. The summed E-state index contributed by atoms with van der Waals surface area (Å²) < 4.78 is 5.92. The fraction of sp³-hybridized carbons (Fsp3) is 0.714. The number of amidine groups is 1. The molecule has 7 nitrogen and oxygen atoms in total. The van der Waals surface area contributed by atoms with Gasteiger partial charge in [-0.05, 0) is 82.0 Å². The Morgan fingerprint density at radius 2 is 1.74 bits per heavy atom. The lowest BCUT2D eigenvalue weighted by molar-refractivity contribution is -0.137. The van der Waals surface area contributed by atoms with Crippen LogP contribution in [0.1, 0.15) is 69.3 Å². The fourth-order valence-corrected chi connectivity index (χ4v) is 6.39. The van der Waals surface area contributed by atoms with Crippen LogP contribution in [0.2, 0.25) is 0 Å². The SMILES string of the molecule is CN1CCN(c2ccc(C3CCC4N=C(C5CCC(OCCCC(=O)O)CC5)NC4C3)cc2)CC1. The first kappa shape index (κ1) is 24.6. The van der Waals surface area contributed by atoms with E-state index in [9.17, 15) is 4.79 Å². The summed E-state index contributed by atoms with van der Waals surface area (Å²) in [4.78, 5) is 20.7. The topological polar surface area (TPSA) is 77.4 Å². The Morgan fingerprint density at radius 3 is 2.46 bits per heavy atom. The zero-order chi connectivity index (χ0) is 24.2. The van der Waals surface area contributed by atoms with Gasteiger partial charge >= 0.3 is 5.97 Å². The third kappa shape index (κ3) is 6.18. The number of nitrogens with one attached hydrogen (secondary N) is 1. The first-order valence-electron chi connectivity index (χ1n) is 13.8. The Morgan fingerprint density at radius 1 is 1.03 bits per heavy atom. The molecule has 0 amide bonds. The van der Waals surface area contributed by atoms with Crippen molar-refractivity contribution < 1.29 is 14.6 Å². The number of aliphatic imine (C=N–C) groups is 1. The van der Waals surface area contributed by atoms with Gasteiger partial charge in [0.05, 0.1) is 18.2 Å². The first-order valence-corrected chi connectivity index (χ1v) is 13.8. The van der Waals surface area contributed by atoms with Gasteiger partial charge in [0.2, 0.25) is 0 Å². The Labute approximate surface area is 209 Å². The molecule has 5 rings (SSSR count). The van der Waals surface area contributed by atoms with Gasteiger partial charge in [-0.3, -0.25) is 9.79 Å². The first-order chi connectivity index (χ1) is 17.0. The van der Waals surface area contributed by atoms with Gasteiger partial charge in [0.25, 0.3) is 0 Å².